The summed E-state index contributed by atoms with van der Waals surface area (Å²) >= 11 is 6.13. The van der Waals surface area contributed by atoms with Crippen molar-refractivity contribution in [3.8, 4) is 0 Å². The first kappa shape index (κ1) is 24.6. The van der Waals surface area contributed by atoms with E-state index in [1.165, 1.54) is 0 Å². The predicted octanol–water partition coefficient (Wildman–Crippen LogP) is 4.43. The quantitative estimate of drug-likeness (QED) is 0.379. The minimum atomic E-state index is -0.847. The van der Waals surface area contributed by atoms with Crippen LogP contribution in [0.15, 0.2) is 18.3 Å². The van der Waals surface area contributed by atoms with E-state index in [0.29, 0.717) is 55.2 Å². The van der Waals surface area contributed by atoms with Gasteiger partial charge in [0.2, 0.25) is 17.8 Å². The number of amides is 1. The van der Waals surface area contributed by atoms with Crippen molar-refractivity contribution >= 4 is 46.3 Å². The molecule has 0 radical (unpaired) electrons. The number of halogens is 3. The monoisotopic (exact) mass is 519 g/mol. The number of aromatic nitrogens is 4. The number of rotatable bonds is 6. The van der Waals surface area contributed by atoms with E-state index in [1.807, 2.05) is 4.57 Å². The number of aliphatic hydroxyl groups excluding tert-OH is 1. The van der Waals surface area contributed by atoms with Crippen molar-refractivity contribution in [1.82, 2.24) is 19.5 Å². The molecule has 0 saturated heterocycles. The Morgan fingerprint density at radius 1 is 1.14 bits per heavy atom. The van der Waals surface area contributed by atoms with Gasteiger partial charge in [0.25, 0.3) is 0 Å². The number of nitrogens with one attached hydrogen (secondary N) is 2. The Morgan fingerprint density at radius 3 is 2.61 bits per heavy atom. The van der Waals surface area contributed by atoms with Crippen LogP contribution in [0.3, 0.4) is 0 Å². The Hall–Kier alpha value is -3.05. The van der Waals surface area contributed by atoms with Crippen molar-refractivity contribution in [2.45, 2.75) is 69.6 Å². The van der Waals surface area contributed by atoms with E-state index in [1.54, 1.807) is 6.20 Å². The Kier molecular flexibility index (Phi) is 6.94. The molecule has 0 bridgehead atoms. The fourth-order valence-electron chi connectivity index (χ4n) is 5.26. The van der Waals surface area contributed by atoms with Gasteiger partial charge in [0.1, 0.15) is 11.3 Å². The van der Waals surface area contributed by atoms with Gasteiger partial charge in [-0.15, -0.1) is 0 Å². The largest absolute Gasteiger partial charge is 0.393 e. The lowest BCUT2D eigenvalue weighted by Crippen LogP contribution is -2.30. The molecule has 192 valence electrons. The molecule has 3 aromatic rings. The second kappa shape index (κ2) is 10.1. The Labute approximate surface area is 211 Å². The standard InChI is InChI=1S/C24H28ClF2N7O2/c25-17-8-13(26)9-18(27)20(17)32-24-31-19-11-29-23(30-14-2-1-3-16(35)10-14)33-22(19)34(24)15-6-4-12(5-7-15)21(28)36/h8-9,11-12,14-16,35H,1-7,10H2,(H2,28,36)(H,31,32)(H,29,30,33)/t12-,14-,15+,16-/m0/s1. The number of hydrogen-bond donors (Lipinski definition) is 4. The number of anilines is 3. The van der Waals surface area contributed by atoms with Crippen molar-refractivity contribution in [1.29, 1.82) is 0 Å². The van der Waals surface area contributed by atoms with Gasteiger partial charge in [-0.05, 0) is 57.4 Å². The van der Waals surface area contributed by atoms with Gasteiger partial charge in [-0.1, -0.05) is 11.6 Å². The SMILES string of the molecule is NC(=O)[C@H]1CC[C@@H](n2c(Nc3c(F)cc(F)cc3Cl)nc3cnc(N[C@H]4CCC[C@H](O)C4)nc32)CC1. The Balaban J connectivity index is 1.51. The topological polar surface area (TPSA) is 131 Å². The van der Waals surface area contributed by atoms with Gasteiger partial charge in [0.05, 0.1) is 23.0 Å². The van der Waals surface area contributed by atoms with Crippen LogP contribution in [0.4, 0.5) is 26.4 Å². The summed E-state index contributed by atoms with van der Waals surface area (Å²) in [5.41, 5.74) is 6.44. The summed E-state index contributed by atoms with van der Waals surface area (Å²) < 4.78 is 30.1. The molecular formula is C24H28ClF2N7O2. The fourth-order valence-corrected chi connectivity index (χ4v) is 5.51. The molecule has 5 N–H and O–H groups in total. The van der Waals surface area contributed by atoms with Crippen LogP contribution < -0.4 is 16.4 Å². The molecule has 36 heavy (non-hydrogen) atoms. The van der Waals surface area contributed by atoms with Crippen LogP contribution in [-0.4, -0.2) is 42.7 Å². The maximum Gasteiger partial charge on any atom is 0.224 e. The van der Waals surface area contributed by atoms with E-state index < -0.39 is 11.6 Å². The minimum Gasteiger partial charge on any atom is -0.393 e. The third-order valence-electron chi connectivity index (χ3n) is 7.12. The lowest BCUT2D eigenvalue weighted by molar-refractivity contribution is -0.122. The van der Waals surface area contributed by atoms with Gasteiger partial charge in [-0.2, -0.15) is 4.98 Å². The number of primary amides is 1. The molecule has 0 aliphatic heterocycles. The van der Waals surface area contributed by atoms with Crippen LogP contribution in [0, 0.1) is 17.6 Å². The number of benzene rings is 1. The van der Waals surface area contributed by atoms with E-state index in [9.17, 15) is 18.7 Å². The molecule has 2 aromatic heterocycles. The molecule has 2 saturated carbocycles. The normalized spacial score (nSPS) is 24.6. The zero-order valence-electron chi connectivity index (χ0n) is 19.6. The molecule has 2 heterocycles. The molecule has 0 spiro atoms. The number of carbonyl (C=O) groups excluding carboxylic acids is 1. The number of hydrogen-bond acceptors (Lipinski definition) is 7. The number of fused-ring (bicyclic) bond motifs is 1. The van der Waals surface area contributed by atoms with E-state index in [4.69, 9.17) is 22.3 Å². The van der Waals surface area contributed by atoms with Crippen LogP contribution >= 0.6 is 11.6 Å². The fraction of sp³-hybridized carbons (Fsp3) is 0.500. The summed E-state index contributed by atoms with van der Waals surface area (Å²) in [5, 5.41) is 16.1. The molecule has 1 aromatic carbocycles. The molecular weight excluding hydrogens is 492 g/mol. The number of aliphatic hydroxyl groups is 1. The minimum absolute atomic E-state index is 0.0540. The predicted molar refractivity (Wildman–Crippen MR) is 132 cm³/mol. The van der Waals surface area contributed by atoms with Crippen molar-refractivity contribution in [3.63, 3.8) is 0 Å². The third-order valence-corrected chi connectivity index (χ3v) is 7.42. The summed E-state index contributed by atoms with van der Waals surface area (Å²) in [5.74, 6) is -1.44. The first-order chi connectivity index (χ1) is 17.3. The molecule has 2 aliphatic carbocycles. The van der Waals surface area contributed by atoms with Crippen molar-refractivity contribution in [2.24, 2.45) is 11.7 Å². The van der Waals surface area contributed by atoms with Gasteiger partial charge in [0.15, 0.2) is 11.5 Å². The summed E-state index contributed by atoms with van der Waals surface area (Å²) in [6.45, 7) is 0. The Morgan fingerprint density at radius 2 is 1.92 bits per heavy atom. The average molecular weight is 520 g/mol. The smallest absolute Gasteiger partial charge is 0.224 e. The van der Waals surface area contributed by atoms with Crippen molar-refractivity contribution in [2.75, 3.05) is 10.6 Å². The van der Waals surface area contributed by atoms with Crippen LogP contribution in [0.2, 0.25) is 5.02 Å². The summed E-state index contributed by atoms with van der Waals surface area (Å²) in [6.07, 6.45) is 6.99. The average Bonchev–Trinajstić information content (AvgIpc) is 3.18. The summed E-state index contributed by atoms with van der Waals surface area (Å²) in [7, 11) is 0. The molecule has 2 atom stereocenters. The highest BCUT2D eigenvalue weighted by Gasteiger charge is 2.30. The van der Waals surface area contributed by atoms with Gasteiger partial charge in [-0.25, -0.2) is 18.7 Å². The number of nitrogens with two attached hydrogens (primary N) is 1. The molecule has 0 unspecified atom stereocenters. The third kappa shape index (κ3) is 5.08. The van der Waals surface area contributed by atoms with E-state index in [2.05, 4.69) is 20.6 Å². The molecule has 9 nitrogen and oxygen atoms in total. The zero-order chi connectivity index (χ0) is 25.4. The second-order valence-electron chi connectivity index (χ2n) is 9.65. The molecule has 2 aliphatic rings. The lowest BCUT2D eigenvalue weighted by atomic mass is 9.85. The Bertz CT molecular complexity index is 1260. The second-order valence-corrected chi connectivity index (χ2v) is 10.1. The van der Waals surface area contributed by atoms with E-state index >= 15 is 0 Å². The molecule has 1 amide bonds. The van der Waals surface area contributed by atoms with Gasteiger partial charge >= 0.3 is 0 Å². The highest BCUT2D eigenvalue weighted by atomic mass is 35.5. The maximum atomic E-state index is 14.6. The van der Waals surface area contributed by atoms with Gasteiger partial charge < -0.3 is 21.5 Å². The first-order valence-corrected chi connectivity index (χ1v) is 12.6. The van der Waals surface area contributed by atoms with Crippen LogP contribution in [0.1, 0.15) is 57.4 Å². The molecule has 2 fully saturated rings. The number of imidazole rings is 1. The van der Waals surface area contributed by atoms with Crippen LogP contribution in [-0.2, 0) is 4.79 Å². The summed E-state index contributed by atoms with van der Waals surface area (Å²) in [6, 6.07) is 1.74. The number of carbonyl (C=O) groups is 1. The van der Waals surface area contributed by atoms with Crippen LogP contribution in [0.25, 0.3) is 11.2 Å². The number of nitrogens with zero attached hydrogens (tertiary/aromatic N) is 4. The van der Waals surface area contributed by atoms with E-state index in [0.717, 1.165) is 31.4 Å². The van der Waals surface area contributed by atoms with Gasteiger partial charge in [-0.3, -0.25) is 9.36 Å². The molecule has 5 rings (SSSR count). The zero-order valence-corrected chi connectivity index (χ0v) is 20.3. The highest BCUT2D eigenvalue weighted by Crippen LogP contribution is 2.38. The maximum absolute atomic E-state index is 14.6. The van der Waals surface area contributed by atoms with Gasteiger partial charge in [0, 0.05) is 24.1 Å². The summed E-state index contributed by atoms with van der Waals surface area (Å²) in [4.78, 5) is 25.4. The van der Waals surface area contributed by atoms with Crippen molar-refractivity contribution < 1.29 is 18.7 Å². The van der Waals surface area contributed by atoms with E-state index in [-0.39, 0.29) is 40.7 Å². The van der Waals surface area contributed by atoms with Crippen molar-refractivity contribution in [3.05, 3.63) is 35.0 Å². The lowest BCUT2D eigenvalue weighted by Gasteiger charge is -2.29. The first-order valence-electron chi connectivity index (χ1n) is 12.2. The highest BCUT2D eigenvalue weighted by molar-refractivity contribution is 6.33. The van der Waals surface area contributed by atoms with Crippen LogP contribution in [0.5, 0.6) is 0 Å². The molecule has 12 heteroatoms.